The maximum atomic E-state index is 11.6. The van der Waals surface area contributed by atoms with Crippen molar-refractivity contribution < 1.29 is 9.22 Å². The quantitative estimate of drug-likeness (QED) is 0.218. The first-order valence-corrected chi connectivity index (χ1v) is 12.4. The van der Waals surface area contributed by atoms with Crippen LogP contribution in [0.4, 0.5) is 0 Å². The summed E-state index contributed by atoms with van der Waals surface area (Å²) in [7, 11) is -0.792. The third kappa shape index (κ3) is 12.9. The Morgan fingerprint density at radius 3 is 1.58 bits per heavy atom. The van der Waals surface area contributed by atoms with E-state index in [1.807, 2.05) is 0 Å². The summed E-state index contributed by atoms with van der Waals surface area (Å²) in [6.45, 7) is 2.28. The molecule has 3 heteroatoms. The van der Waals surface area contributed by atoms with Gasteiger partial charge in [-0.25, -0.2) is 0 Å². The van der Waals surface area contributed by atoms with Crippen LogP contribution in [0.3, 0.4) is 0 Å². The van der Waals surface area contributed by atoms with Crippen molar-refractivity contribution in [1.29, 1.82) is 0 Å². The van der Waals surface area contributed by atoms with Crippen LogP contribution in [0.25, 0.3) is 0 Å². The molecule has 1 rings (SSSR count). The van der Waals surface area contributed by atoms with Gasteiger partial charge in [0.05, 0.1) is 0 Å². The lowest BCUT2D eigenvalue weighted by molar-refractivity contribution is -0.134. The molecule has 0 bridgehead atoms. The van der Waals surface area contributed by atoms with Gasteiger partial charge in [-0.1, -0.05) is 102 Å². The second kappa shape index (κ2) is 16.0. The topological polar surface area (TPSA) is 26.3 Å². The molecule has 1 aliphatic heterocycles. The summed E-state index contributed by atoms with van der Waals surface area (Å²) >= 11 is 0. The van der Waals surface area contributed by atoms with E-state index in [0.717, 1.165) is 18.9 Å². The van der Waals surface area contributed by atoms with Gasteiger partial charge in [-0.2, -0.15) is 0 Å². The lowest BCUT2D eigenvalue weighted by Gasteiger charge is -2.12. The fraction of sp³-hybridized carbons (Fsp3) is 0.905. The molecule has 2 nitrogen and oxygen atoms in total. The van der Waals surface area contributed by atoms with Crippen molar-refractivity contribution in [2.24, 2.45) is 0 Å². The van der Waals surface area contributed by atoms with Gasteiger partial charge in [0, 0.05) is 6.42 Å². The van der Waals surface area contributed by atoms with E-state index >= 15 is 0 Å². The van der Waals surface area contributed by atoms with Crippen LogP contribution in [0.2, 0.25) is 6.04 Å². The van der Waals surface area contributed by atoms with Crippen molar-refractivity contribution in [3.8, 4) is 0 Å². The Balaban J connectivity index is 1.69. The van der Waals surface area contributed by atoms with Crippen molar-refractivity contribution in [1.82, 2.24) is 0 Å². The van der Waals surface area contributed by atoms with Gasteiger partial charge in [-0.15, -0.1) is 0 Å². The van der Waals surface area contributed by atoms with Gasteiger partial charge in [0.1, 0.15) is 0 Å². The van der Waals surface area contributed by atoms with Crippen molar-refractivity contribution in [3.05, 3.63) is 0 Å². The van der Waals surface area contributed by atoms with Crippen LogP contribution in [-0.2, 0) is 9.22 Å². The fourth-order valence-electron chi connectivity index (χ4n) is 3.19. The van der Waals surface area contributed by atoms with E-state index in [1.54, 1.807) is 0 Å². The Labute approximate surface area is 152 Å². The second-order valence-corrected chi connectivity index (χ2v) is 9.43. The van der Waals surface area contributed by atoms with E-state index in [-0.39, 0.29) is 5.97 Å². The highest BCUT2D eigenvalue weighted by atomic mass is 28.3. The zero-order valence-corrected chi connectivity index (χ0v) is 17.1. The van der Waals surface area contributed by atoms with Crippen LogP contribution in [0.5, 0.6) is 0 Å². The van der Waals surface area contributed by atoms with Crippen LogP contribution < -0.4 is 0 Å². The Kier molecular flexibility index (Phi) is 14.4. The molecule has 0 aliphatic carbocycles. The third-order valence-electron chi connectivity index (χ3n) is 4.99. The molecule has 1 aliphatic rings. The maximum absolute atomic E-state index is 11.6. The summed E-state index contributed by atoms with van der Waals surface area (Å²) in [5.41, 5.74) is 2.19. The fourth-order valence-corrected chi connectivity index (χ4v) is 4.30. The first-order chi connectivity index (χ1) is 11.8. The van der Waals surface area contributed by atoms with Gasteiger partial charge in [-0.3, -0.25) is 4.79 Å². The largest absolute Gasteiger partial charge is 0.492 e. The number of carbonyl (C=O) groups is 1. The predicted octanol–water partition coefficient (Wildman–Crippen LogP) is 6.57. The van der Waals surface area contributed by atoms with E-state index in [2.05, 4.69) is 12.6 Å². The molecular weight excluding hydrogens is 312 g/mol. The molecule has 0 saturated carbocycles. The summed E-state index contributed by atoms with van der Waals surface area (Å²) in [6.07, 6.45) is 22.3. The molecule has 0 aromatic carbocycles. The average molecular weight is 353 g/mol. The molecule has 24 heavy (non-hydrogen) atoms. The molecule has 0 unspecified atom stereocenters. The lowest BCUT2D eigenvalue weighted by Crippen LogP contribution is -2.23. The second-order valence-electron chi connectivity index (χ2n) is 7.38. The average Bonchev–Trinajstić information content (AvgIpc) is 2.54. The van der Waals surface area contributed by atoms with Crippen LogP contribution in [-0.4, -0.2) is 20.3 Å². The minimum atomic E-state index is -0.792. The van der Waals surface area contributed by atoms with Crippen molar-refractivity contribution in [2.75, 3.05) is 0 Å². The third-order valence-corrected chi connectivity index (χ3v) is 7.01. The van der Waals surface area contributed by atoms with Crippen LogP contribution in [0.1, 0.15) is 116 Å². The molecule has 0 atom stereocenters. The van der Waals surface area contributed by atoms with E-state index in [0.29, 0.717) is 6.42 Å². The van der Waals surface area contributed by atoms with Gasteiger partial charge in [0.15, 0.2) is 0 Å². The highest BCUT2D eigenvalue weighted by Gasteiger charge is 2.13. The number of carbonyl (C=O) groups excluding carboxylic acids is 1. The summed E-state index contributed by atoms with van der Waals surface area (Å²) in [6, 6.07) is 1.13. The molecule has 0 saturated heterocycles. The predicted molar refractivity (Wildman–Crippen MR) is 107 cm³/mol. The smallest absolute Gasteiger partial charge is 0.297 e. The van der Waals surface area contributed by atoms with E-state index in [1.165, 1.54) is 89.9 Å². The number of hydrogen-bond acceptors (Lipinski definition) is 2. The normalized spacial score (nSPS) is 13.5. The Morgan fingerprint density at radius 1 is 0.792 bits per heavy atom. The van der Waals surface area contributed by atoms with Crippen LogP contribution in [0, 0.1) is 0 Å². The zero-order valence-electron chi connectivity index (χ0n) is 16.1. The minimum Gasteiger partial charge on any atom is -0.492 e. The van der Waals surface area contributed by atoms with Gasteiger partial charge in [0.25, 0.3) is 5.97 Å². The highest BCUT2D eigenvalue weighted by Crippen LogP contribution is 2.14. The molecule has 0 amide bonds. The Morgan fingerprint density at radius 2 is 1.21 bits per heavy atom. The standard InChI is InChI=1S/C21H40O2Si/c1-2-3-4-5-6-7-8-9-10-11-12-13-14-15-16-18-21(22)23-24-19-17-20-24/h19H,2-18,20H2,1H3. The summed E-state index contributed by atoms with van der Waals surface area (Å²) in [5.74, 6) is 0.0505. The molecule has 0 aromatic rings. The first-order valence-electron chi connectivity index (χ1n) is 10.7. The summed E-state index contributed by atoms with van der Waals surface area (Å²) in [4.78, 5) is 11.6. The van der Waals surface area contributed by atoms with Crippen molar-refractivity contribution in [2.45, 2.75) is 122 Å². The van der Waals surface area contributed by atoms with Crippen molar-refractivity contribution in [3.63, 3.8) is 0 Å². The number of unbranched alkanes of at least 4 members (excludes halogenated alkanes) is 14. The molecule has 1 heterocycles. The molecule has 0 fully saturated rings. The number of hydrogen-bond donors (Lipinski definition) is 0. The van der Waals surface area contributed by atoms with Crippen LogP contribution in [0.15, 0.2) is 0 Å². The van der Waals surface area contributed by atoms with Gasteiger partial charge in [0.2, 0.25) is 8.65 Å². The van der Waals surface area contributed by atoms with Gasteiger partial charge in [-0.05, 0) is 18.9 Å². The summed E-state index contributed by atoms with van der Waals surface area (Å²) in [5, 5.41) is 0. The molecule has 0 aromatic heterocycles. The Hall–Kier alpha value is -0.443. The first kappa shape index (κ1) is 21.6. The van der Waals surface area contributed by atoms with Crippen LogP contribution >= 0.6 is 0 Å². The molecule has 0 spiro atoms. The molecule has 0 radical (unpaired) electrons. The Bertz CT molecular complexity index is 339. The number of rotatable bonds is 17. The molecule has 0 N–H and O–H groups in total. The maximum Gasteiger partial charge on any atom is 0.297 e. The SMILES string of the molecule is CCCCCCCCCCCCCCCCCC(=O)O[Si]1=CCC1. The zero-order chi connectivity index (χ0) is 17.3. The van der Waals surface area contributed by atoms with Gasteiger partial charge >= 0.3 is 0 Å². The monoisotopic (exact) mass is 352 g/mol. The van der Waals surface area contributed by atoms with E-state index in [4.69, 9.17) is 4.43 Å². The molecular formula is C21H40O2Si. The lowest BCUT2D eigenvalue weighted by atomic mass is 10.0. The van der Waals surface area contributed by atoms with Crippen molar-refractivity contribution >= 4 is 20.3 Å². The van der Waals surface area contributed by atoms with Gasteiger partial charge < -0.3 is 4.43 Å². The minimum absolute atomic E-state index is 0.0505. The highest BCUT2D eigenvalue weighted by molar-refractivity contribution is 6.66. The summed E-state index contributed by atoms with van der Waals surface area (Å²) < 4.78 is 5.41. The molecule has 140 valence electrons. The van der Waals surface area contributed by atoms with E-state index in [9.17, 15) is 4.79 Å². The van der Waals surface area contributed by atoms with E-state index < -0.39 is 8.65 Å².